The van der Waals surface area contributed by atoms with Gasteiger partial charge < -0.3 is 10.5 Å². The molecule has 0 aromatic heterocycles. The summed E-state index contributed by atoms with van der Waals surface area (Å²) in [6.45, 7) is 6.50. The molecule has 0 radical (unpaired) electrons. The van der Waals surface area contributed by atoms with E-state index in [0.29, 0.717) is 0 Å². The number of carbonyl (C=O) groups is 1. The van der Waals surface area contributed by atoms with E-state index in [1.807, 2.05) is 0 Å². The fourth-order valence-corrected chi connectivity index (χ4v) is 1.94. The molecule has 0 bridgehead atoms. The van der Waals surface area contributed by atoms with Gasteiger partial charge >= 0.3 is 6.09 Å². The average molecular weight is 255 g/mol. The maximum absolute atomic E-state index is 11.0. The Morgan fingerprint density at radius 3 is 1.72 bits per heavy atom. The SMILES string of the molecule is CCCCC(CCCC)=C(CCCC)OC(N)=O. The van der Waals surface area contributed by atoms with E-state index in [1.54, 1.807) is 0 Å². The Morgan fingerprint density at radius 1 is 0.889 bits per heavy atom. The van der Waals surface area contributed by atoms with Crippen LogP contribution in [0.5, 0.6) is 0 Å². The number of ether oxygens (including phenoxy) is 1. The number of hydrogen-bond acceptors (Lipinski definition) is 2. The third-order valence-corrected chi connectivity index (χ3v) is 3.04. The fourth-order valence-electron chi connectivity index (χ4n) is 1.94. The largest absolute Gasteiger partial charge is 0.415 e. The summed E-state index contributed by atoms with van der Waals surface area (Å²) in [5.41, 5.74) is 6.46. The van der Waals surface area contributed by atoms with Crippen LogP contribution in [0.3, 0.4) is 0 Å². The monoisotopic (exact) mass is 255 g/mol. The first-order valence-corrected chi connectivity index (χ1v) is 7.33. The number of allylic oxidation sites excluding steroid dienone is 2. The van der Waals surface area contributed by atoms with Crippen LogP contribution < -0.4 is 5.73 Å². The highest BCUT2D eigenvalue weighted by molar-refractivity contribution is 5.66. The molecule has 0 aliphatic rings. The zero-order chi connectivity index (χ0) is 13.8. The Labute approximate surface area is 112 Å². The molecule has 106 valence electrons. The normalized spacial score (nSPS) is 10.2. The highest BCUT2D eigenvalue weighted by Gasteiger charge is 2.10. The lowest BCUT2D eigenvalue weighted by Crippen LogP contribution is -2.14. The van der Waals surface area contributed by atoms with Crippen molar-refractivity contribution in [3.05, 3.63) is 11.3 Å². The Bertz CT molecular complexity index is 249. The minimum absolute atomic E-state index is 0.674. The molecule has 0 aliphatic carbocycles. The average Bonchev–Trinajstić information content (AvgIpc) is 2.34. The van der Waals surface area contributed by atoms with Crippen LogP contribution >= 0.6 is 0 Å². The van der Waals surface area contributed by atoms with Crippen molar-refractivity contribution in [2.75, 3.05) is 0 Å². The summed E-state index contributed by atoms with van der Waals surface area (Å²) in [7, 11) is 0. The summed E-state index contributed by atoms with van der Waals surface area (Å²) in [4.78, 5) is 11.0. The van der Waals surface area contributed by atoms with E-state index < -0.39 is 6.09 Å². The van der Waals surface area contributed by atoms with Crippen molar-refractivity contribution in [3.8, 4) is 0 Å². The number of primary amides is 1. The van der Waals surface area contributed by atoms with Crippen molar-refractivity contribution in [3.63, 3.8) is 0 Å². The van der Waals surface area contributed by atoms with Crippen LogP contribution in [0.25, 0.3) is 0 Å². The van der Waals surface area contributed by atoms with E-state index in [-0.39, 0.29) is 0 Å². The molecule has 3 heteroatoms. The van der Waals surface area contributed by atoms with Crippen LogP contribution in [0.15, 0.2) is 11.3 Å². The van der Waals surface area contributed by atoms with Crippen LogP contribution in [0.2, 0.25) is 0 Å². The van der Waals surface area contributed by atoms with Crippen molar-refractivity contribution in [1.29, 1.82) is 0 Å². The predicted molar refractivity (Wildman–Crippen MR) is 76.3 cm³/mol. The highest BCUT2D eigenvalue weighted by atomic mass is 16.5. The maximum Gasteiger partial charge on any atom is 0.409 e. The number of unbranched alkanes of at least 4 members (excludes halogenated alkanes) is 3. The number of carbonyl (C=O) groups excluding carboxylic acids is 1. The molecule has 18 heavy (non-hydrogen) atoms. The lowest BCUT2D eigenvalue weighted by Gasteiger charge is -2.14. The molecule has 0 aromatic carbocycles. The smallest absolute Gasteiger partial charge is 0.409 e. The summed E-state index contributed by atoms with van der Waals surface area (Å²) in [6, 6.07) is 0. The Kier molecular flexibility index (Phi) is 10.5. The standard InChI is InChI=1S/C15H29NO2/c1-4-7-10-13(11-8-5-2)14(12-9-6-3)18-15(16)17/h4-12H2,1-3H3,(H2,16,17). The van der Waals surface area contributed by atoms with Gasteiger partial charge in [0.2, 0.25) is 0 Å². The lowest BCUT2D eigenvalue weighted by atomic mass is 9.99. The highest BCUT2D eigenvalue weighted by Crippen LogP contribution is 2.23. The maximum atomic E-state index is 11.0. The Balaban J connectivity index is 4.76. The molecule has 0 atom stereocenters. The number of nitrogens with two attached hydrogens (primary N) is 1. The van der Waals surface area contributed by atoms with Gasteiger partial charge in [0.15, 0.2) is 0 Å². The zero-order valence-corrected chi connectivity index (χ0v) is 12.3. The first kappa shape index (κ1) is 17.0. The van der Waals surface area contributed by atoms with E-state index >= 15 is 0 Å². The Hall–Kier alpha value is -0.990. The van der Waals surface area contributed by atoms with Gasteiger partial charge in [-0.15, -0.1) is 0 Å². The molecule has 0 heterocycles. The topological polar surface area (TPSA) is 52.3 Å². The first-order valence-electron chi connectivity index (χ1n) is 7.33. The zero-order valence-electron chi connectivity index (χ0n) is 12.3. The summed E-state index contributed by atoms with van der Waals surface area (Å²) in [6.07, 6.45) is 8.99. The van der Waals surface area contributed by atoms with Gasteiger partial charge in [-0.3, -0.25) is 0 Å². The fraction of sp³-hybridized carbons (Fsp3) is 0.800. The molecule has 3 nitrogen and oxygen atoms in total. The van der Waals surface area contributed by atoms with Gasteiger partial charge in [0.1, 0.15) is 5.76 Å². The lowest BCUT2D eigenvalue weighted by molar-refractivity contribution is 0.181. The van der Waals surface area contributed by atoms with Gasteiger partial charge in [-0.2, -0.15) is 0 Å². The summed E-state index contributed by atoms with van der Waals surface area (Å²) in [5.74, 6) is 0.839. The van der Waals surface area contributed by atoms with Crippen LogP contribution in [0.1, 0.15) is 78.6 Å². The minimum Gasteiger partial charge on any atom is -0.415 e. The minimum atomic E-state index is -0.674. The van der Waals surface area contributed by atoms with E-state index in [1.165, 1.54) is 5.57 Å². The van der Waals surface area contributed by atoms with Gasteiger partial charge in [0, 0.05) is 6.42 Å². The molecular formula is C15H29NO2. The number of hydrogen-bond donors (Lipinski definition) is 1. The van der Waals surface area contributed by atoms with E-state index in [2.05, 4.69) is 20.8 Å². The van der Waals surface area contributed by atoms with Gasteiger partial charge in [-0.25, -0.2) is 4.79 Å². The van der Waals surface area contributed by atoms with Crippen LogP contribution in [-0.4, -0.2) is 6.09 Å². The van der Waals surface area contributed by atoms with Crippen LogP contribution in [0, 0.1) is 0 Å². The molecule has 0 fully saturated rings. The van der Waals surface area contributed by atoms with Crippen LogP contribution in [-0.2, 0) is 4.74 Å². The third-order valence-electron chi connectivity index (χ3n) is 3.04. The quantitative estimate of drug-likeness (QED) is 0.564. The second kappa shape index (κ2) is 11.1. The number of amides is 1. The molecule has 0 aliphatic heterocycles. The van der Waals surface area contributed by atoms with E-state index in [0.717, 1.165) is 63.5 Å². The molecule has 0 saturated heterocycles. The molecule has 0 unspecified atom stereocenters. The van der Waals surface area contributed by atoms with Gasteiger partial charge in [-0.05, 0) is 37.7 Å². The van der Waals surface area contributed by atoms with Crippen molar-refractivity contribution in [2.24, 2.45) is 5.73 Å². The van der Waals surface area contributed by atoms with Crippen molar-refractivity contribution in [2.45, 2.75) is 78.6 Å². The second-order valence-corrected chi connectivity index (χ2v) is 4.76. The molecular weight excluding hydrogens is 226 g/mol. The molecule has 0 saturated carbocycles. The third kappa shape index (κ3) is 8.15. The van der Waals surface area contributed by atoms with Gasteiger partial charge in [0.05, 0.1) is 0 Å². The first-order chi connectivity index (χ1) is 8.65. The van der Waals surface area contributed by atoms with Crippen molar-refractivity contribution in [1.82, 2.24) is 0 Å². The molecule has 2 N–H and O–H groups in total. The second-order valence-electron chi connectivity index (χ2n) is 4.76. The predicted octanol–water partition coefficient (Wildman–Crippen LogP) is 4.91. The molecule has 1 amide bonds. The molecule has 0 spiro atoms. The van der Waals surface area contributed by atoms with Crippen molar-refractivity contribution >= 4 is 6.09 Å². The van der Waals surface area contributed by atoms with E-state index in [9.17, 15) is 4.79 Å². The number of rotatable bonds is 10. The molecule has 0 rings (SSSR count). The van der Waals surface area contributed by atoms with Gasteiger partial charge in [0.25, 0.3) is 0 Å². The Morgan fingerprint density at radius 2 is 1.33 bits per heavy atom. The molecule has 0 aromatic rings. The van der Waals surface area contributed by atoms with Crippen LogP contribution in [0.4, 0.5) is 4.79 Å². The summed E-state index contributed by atoms with van der Waals surface area (Å²) < 4.78 is 5.23. The van der Waals surface area contributed by atoms with E-state index in [4.69, 9.17) is 10.5 Å². The summed E-state index contributed by atoms with van der Waals surface area (Å²) in [5, 5.41) is 0. The summed E-state index contributed by atoms with van der Waals surface area (Å²) >= 11 is 0. The van der Waals surface area contributed by atoms with Gasteiger partial charge in [-0.1, -0.05) is 40.0 Å². The van der Waals surface area contributed by atoms with Crippen molar-refractivity contribution < 1.29 is 9.53 Å².